The van der Waals surface area contributed by atoms with E-state index in [1.54, 1.807) is 0 Å². The molecule has 0 aromatic heterocycles. The highest BCUT2D eigenvalue weighted by Gasteiger charge is 2.37. The molecule has 2 aliphatic rings. The Morgan fingerprint density at radius 3 is 1.72 bits per heavy atom. The Morgan fingerprint density at radius 2 is 0.925 bits per heavy atom. The van der Waals surface area contributed by atoms with Crippen molar-refractivity contribution in [1.82, 2.24) is 0 Å². The zero-order valence-electron chi connectivity index (χ0n) is 30.7. The van der Waals surface area contributed by atoms with E-state index < -0.39 is 0 Å². The normalized spacial score (nSPS) is 14.3. The zero-order chi connectivity index (χ0) is 35.9. The fraction of sp³-hybridized carbons (Fsp3) is 0.115. The number of hydrogen-bond donors (Lipinski definition) is 0. The quantitative estimate of drug-likeness (QED) is 0.175. The summed E-state index contributed by atoms with van der Waals surface area (Å²) in [6.45, 7) is 9.50. The van der Waals surface area contributed by atoms with Gasteiger partial charge in [-0.3, -0.25) is 0 Å². The van der Waals surface area contributed by atoms with Crippen LogP contribution in [0.25, 0.3) is 55.3 Å². The monoisotopic (exact) mass is 679 g/mol. The first-order valence-electron chi connectivity index (χ1n) is 18.8. The first kappa shape index (κ1) is 31.5. The Balaban J connectivity index is 1.13. The molecule has 254 valence electrons. The second-order valence-corrected chi connectivity index (χ2v) is 15.7. The lowest BCUT2D eigenvalue weighted by atomic mass is 9.65. The third-order valence-corrected chi connectivity index (χ3v) is 12.0. The average molecular weight is 680 g/mol. The summed E-state index contributed by atoms with van der Waals surface area (Å²) in [5.74, 6) is 0. The summed E-state index contributed by atoms with van der Waals surface area (Å²) >= 11 is 0. The van der Waals surface area contributed by atoms with Crippen molar-refractivity contribution in [2.75, 3.05) is 4.90 Å². The molecule has 10 rings (SSSR count). The van der Waals surface area contributed by atoms with Crippen LogP contribution in [0.15, 0.2) is 176 Å². The lowest BCUT2D eigenvalue weighted by Gasteiger charge is -2.38. The summed E-state index contributed by atoms with van der Waals surface area (Å²) in [4.78, 5) is 2.40. The Kier molecular flexibility index (Phi) is 6.94. The Bertz CT molecular complexity index is 2700. The Hall–Kier alpha value is -6.18. The fourth-order valence-electron chi connectivity index (χ4n) is 9.49. The number of nitrogens with zero attached hydrogens (tertiary/aromatic N) is 1. The minimum absolute atomic E-state index is 0.0737. The molecule has 1 heteroatoms. The van der Waals surface area contributed by atoms with Crippen LogP contribution < -0.4 is 4.90 Å². The first-order chi connectivity index (χ1) is 25.8. The van der Waals surface area contributed by atoms with Crippen molar-refractivity contribution >= 4 is 27.8 Å². The van der Waals surface area contributed by atoms with Crippen LogP contribution in [-0.2, 0) is 10.8 Å². The van der Waals surface area contributed by atoms with Crippen LogP contribution in [0.2, 0.25) is 0 Å². The van der Waals surface area contributed by atoms with Crippen molar-refractivity contribution in [2.24, 2.45) is 0 Å². The van der Waals surface area contributed by atoms with Gasteiger partial charge in [-0.2, -0.15) is 0 Å². The van der Waals surface area contributed by atoms with E-state index in [0.717, 1.165) is 11.4 Å². The molecule has 0 unspecified atom stereocenters. The van der Waals surface area contributed by atoms with Gasteiger partial charge in [0.25, 0.3) is 0 Å². The van der Waals surface area contributed by atoms with E-state index in [4.69, 9.17) is 0 Å². The number of fused-ring (bicyclic) bond motifs is 5. The van der Waals surface area contributed by atoms with E-state index >= 15 is 0 Å². The molecule has 0 atom stereocenters. The van der Waals surface area contributed by atoms with Gasteiger partial charge in [0.15, 0.2) is 0 Å². The van der Waals surface area contributed by atoms with Crippen molar-refractivity contribution < 1.29 is 0 Å². The van der Waals surface area contributed by atoms with Crippen LogP contribution in [0.5, 0.6) is 0 Å². The van der Waals surface area contributed by atoms with Crippen molar-refractivity contribution in [1.29, 1.82) is 0 Å². The van der Waals surface area contributed by atoms with Crippen LogP contribution in [-0.4, -0.2) is 0 Å². The van der Waals surface area contributed by atoms with E-state index in [0.29, 0.717) is 0 Å². The lowest BCUT2D eigenvalue weighted by molar-refractivity contribution is 0.647. The SMILES string of the molecule is CC1(C)c2ccccc2-c2ccc(N(c3ccccc3)c3ccc(-c4ccc5cccc6c5c4-c4cccc(-c5ccccc5)c4C6(C)C)cc3)cc21. The standard InChI is InChI=1S/C52H41N/c1-51(2)45-23-12-11-20-42(45)43-32-30-39(33-47(43)51)53(37-18-9-6-10-19-37)38-28-25-35(26-29-38)40-31-27-36-17-13-24-46-48(36)49(40)44-22-14-21-41(50(44)52(46,3)4)34-15-7-5-8-16-34/h5-33H,1-4H3. The molecule has 0 saturated heterocycles. The molecule has 0 saturated carbocycles. The van der Waals surface area contributed by atoms with Gasteiger partial charge >= 0.3 is 0 Å². The van der Waals surface area contributed by atoms with Gasteiger partial charge in [0.05, 0.1) is 0 Å². The summed E-state index contributed by atoms with van der Waals surface area (Å²) < 4.78 is 0. The van der Waals surface area contributed by atoms with Crippen molar-refractivity contribution in [3.8, 4) is 44.5 Å². The molecule has 0 spiro atoms. The maximum Gasteiger partial charge on any atom is 0.0465 e. The molecule has 2 aliphatic carbocycles. The molecule has 8 aromatic carbocycles. The second-order valence-electron chi connectivity index (χ2n) is 15.7. The third kappa shape index (κ3) is 4.70. The van der Waals surface area contributed by atoms with Gasteiger partial charge in [-0.25, -0.2) is 0 Å². The van der Waals surface area contributed by atoms with Crippen LogP contribution in [0.3, 0.4) is 0 Å². The number of rotatable bonds is 5. The maximum absolute atomic E-state index is 2.41. The number of anilines is 3. The highest BCUT2D eigenvalue weighted by Crippen LogP contribution is 2.55. The van der Waals surface area contributed by atoms with E-state index in [2.05, 4.69) is 209 Å². The molecule has 0 fully saturated rings. The third-order valence-electron chi connectivity index (χ3n) is 12.0. The minimum Gasteiger partial charge on any atom is -0.310 e. The van der Waals surface area contributed by atoms with Crippen LogP contribution >= 0.6 is 0 Å². The molecule has 0 aliphatic heterocycles. The molecule has 0 bridgehead atoms. The zero-order valence-corrected chi connectivity index (χ0v) is 30.7. The number of benzene rings is 8. The average Bonchev–Trinajstić information content (AvgIpc) is 3.43. The molecule has 53 heavy (non-hydrogen) atoms. The fourth-order valence-corrected chi connectivity index (χ4v) is 9.49. The van der Waals surface area contributed by atoms with E-state index in [9.17, 15) is 0 Å². The van der Waals surface area contributed by atoms with E-state index in [-0.39, 0.29) is 10.8 Å². The Morgan fingerprint density at radius 1 is 0.358 bits per heavy atom. The van der Waals surface area contributed by atoms with Crippen LogP contribution in [0.1, 0.15) is 49.9 Å². The molecule has 0 N–H and O–H groups in total. The maximum atomic E-state index is 2.41. The van der Waals surface area contributed by atoms with Gasteiger partial charge in [0.1, 0.15) is 0 Å². The van der Waals surface area contributed by atoms with Gasteiger partial charge in [-0.15, -0.1) is 0 Å². The van der Waals surface area contributed by atoms with Crippen molar-refractivity contribution in [3.63, 3.8) is 0 Å². The predicted octanol–water partition coefficient (Wildman–Crippen LogP) is 14.3. The number of para-hydroxylation sites is 1. The van der Waals surface area contributed by atoms with Crippen molar-refractivity contribution in [2.45, 2.75) is 38.5 Å². The van der Waals surface area contributed by atoms with E-state index in [1.165, 1.54) is 83.2 Å². The highest BCUT2D eigenvalue weighted by molar-refractivity contribution is 6.10. The Labute approximate surface area is 312 Å². The van der Waals surface area contributed by atoms with Crippen LogP contribution in [0.4, 0.5) is 17.1 Å². The highest BCUT2D eigenvalue weighted by atomic mass is 15.1. The predicted molar refractivity (Wildman–Crippen MR) is 225 cm³/mol. The van der Waals surface area contributed by atoms with Gasteiger partial charge in [-0.1, -0.05) is 167 Å². The molecule has 0 amide bonds. The molecule has 1 nitrogen and oxygen atoms in total. The van der Waals surface area contributed by atoms with Gasteiger partial charge in [-0.05, 0) is 114 Å². The molecule has 0 radical (unpaired) electrons. The largest absolute Gasteiger partial charge is 0.310 e. The van der Waals surface area contributed by atoms with Gasteiger partial charge < -0.3 is 4.90 Å². The van der Waals surface area contributed by atoms with Crippen LogP contribution in [0, 0.1) is 0 Å². The summed E-state index contributed by atoms with van der Waals surface area (Å²) in [5, 5.41) is 2.66. The van der Waals surface area contributed by atoms with Crippen molar-refractivity contribution in [3.05, 3.63) is 198 Å². The smallest absolute Gasteiger partial charge is 0.0465 e. The molecular weight excluding hydrogens is 639 g/mol. The first-order valence-corrected chi connectivity index (χ1v) is 18.8. The minimum atomic E-state index is -0.168. The lowest BCUT2D eigenvalue weighted by Crippen LogP contribution is -2.25. The molecule has 8 aromatic rings. The summed E-state index contributed by atoms with van der Waals surface area (Å²) in [5.41, 5.74) is 19.1. The molecular formula is C52H41N. The van der Waals surface area contributed by atoms with E-state index in [1.807, 2.05) is 0 Å². The van der Waals surface area contributed by atoms with Gasteiger partial charge in [0.2, 0.25) is 0 Å². The van der Waals surface area contributed by atoms with Gasteiger partial charge in [0, 0.05) is 27.9 Å². The number of hydrogen-bond acceptors (Lipinski definition) is 1. The summed E-state index contributed by atoms with van der Waals surface area (Å²) in [7, 11) is 0. The molecule has 0 heterocycles. The topological polar surface area (TPSA) is 3.24 Å². The summed E-state index contributed by atoms with van der Waals surface area (Å²) in [6.07, 6.45) is 0. The summed E-state index contributed by atoms with van der Waals surface area (Å²) in [6, 6.07) is 65.1. The second kappa shape index (κ2) is 11.7.